The summed E-state index contributed by atoms with van der Waals surface area (Å²) in [5.41, 5.74) is 10.7. The normalized spacial score (nSPS) is 22.3. The van der Waals surface area contributed by atoms with Crippen LogP contribution in [-0.4, -0.2) is 410 Å². The van der Waals surface area contributed by atoms with Crippen LogP contribution in [0.2, 0.25) is 0 Å². The fraction of sp³-hybridized carbons (Fsp3) is 0.663. The molecule has 12 saturated heterocycles. The topological polar surface area (TPSA) is 306 Å². The van der Waals surface area contributed by atoms with Crippen molar-refractivity contribution in [1.29, 1.82) is 0 Å². The van der Waals surface area contributed by atoms with Gasteiger partial charge in [0.25, 0.3) is 0 Å². The number of aryl methyl sites for hydroxylation is 3. The number of alkyl halides is 15. The Morgan fingerprint density at radius 3 is 1.04 bits per heavy atom. The lowest BCUT2D eigenvalue weighted by molar-refractivity contribution is -0.200. The van der Waals surface area contributed by atoms with Gasteiger partial charge in [0.05, 0.1) is 37.3 Å². The molecule has 0 radical (unpaired) electrons. The molecule has 4 amide bonds. The van der Waals surface area contributed by atoms with Gasteiger partial charge in [0.1, 0.15) is 0 Å². The van der Waals surface area contributed by atoms with E-state index in [0.717, 1.165) is 170 Å². The molecule has 788 valence electrons. The van der Waals surface area contributed by atoms with Gasteiger partial charge in [-0.15, -0.1) is 0 Å². The molecule has 4 N–H and O–H groups in total. The van der Waals surface area contributed by atoms with E-state index in [1.165, 1.54) is 36.9 Å². The standard InChI is InChI=1S/C24H30F6N4O4.2C24H33F3N4O4.C23H31F3N4O4/c1-16(23(25,26)27)38-21(37)33-8-6-31(7-9-33)11-17-2-3-18(24(28,29)30)10-19(17)34-5-4-22(15-34)13-32(14-22)12-20(35)36;1-17-4-5-19(13-28-8-10-29(11-9-28)22(34)35-18(2)24(25,26)27)20(12-17)30-15-23(16-30)6-3-7-31(23)14-21(32)33;1-17-3-4-19(12-28-7-9-30(10-8-28)22(34)35-18(2)24(25,26)27)20(11-17)31-15-23(16-31)5-6-29(14-23)13-21(32)33;1-15-3-4-17(20(9-15)30-13-18-10-19(30)12-29(18)14-21(31)32)11-27-5-7-28(8-6-27)22(33)34-16(2)23(24,25)26/h2-3,10,16H,4-9,11-15H2,1H3,(H,35,36);4-5,12,18H,3,6-11,13-16H2,1-2H3,(H,32,33);3-4,11,18H,5-10,12-16H2,1-2H3,(H,32,33);3-4,9,16,18-19H,5-8,10-14H2,1-2H3,(H,31,32). The highest BCUT2D eigenvalue weighted by molar-refractivity contribution is 5.73. The van der Waals surface area contributed by atoms with Crippen molar-refractivity contribution in [3.8, 4) is 0 Å². The zero-order valence-electron chi connectivity index (χ0n) is 80.6. The molecule has 12 fully saturated rings. The average molecular weight is 2030 g/mol. The zero-order valence-corrected chi connectivity index (χ0v) is 80.6. The summed E-state index contributed by atoms with van der Waals surface area (Å²) in [7, 11) is 0. The Bertz CT molecular complexity index is 5070. The second-order valence-electron chi connectivity index (χ2n) is 40.0. The van der Waals surface area contributed by atoms with Gasteiger partial charge in [-0.1, -0.05) is 42.5 Å². The maximum Gasteiger partial charge on any atom is 0.425 e. The van der Waals surface area contributed by atoms with Gasteiger partial charge in [0, 0.05) is 249 Å². The minimum Gasteiger partial charge on any atom is -0.480 e. The third-order valence-corrected chi connectivity index (χ3v) is 29.1. The van der Waals surface area contributed by atoms with E-state index in [9.17, 15) is 109 Å². The summed E-state index contributed by atoms with van der Waals surface area (Å²) in [6.07, 6.45) is -30.6. The Kier molecular flexibility index (Phi) is 34.3. The smallest absolute Gasteiger partial charge is 0.425 e. The molecule has 16 rings (SSSR count). The summed E-state index contributed by atoms with van der Waals surface area (Å²) >= 11 is 0. The van der Waals surface area contributed by atoms with Crippen LogP contribution in [0.1, 0.15) is 104 Å². The van der Waals surface area contributed by atoms with Gasteiger partial charge in [-0.3, -0.25) is 58.4 Å². The molecule has 0 aromatic heterocycles. The van der Waals surface area contributed by atoms with Crippen molar-refractivity contribution >= 4 is 71.0 Å². The Morgan fingerprint density at radius 1 is 0.345 bits per heavy atom. The highest BCUT2D eigenvalue weighted by Gasteiger charge is 2.55. The predicted octanol–water partition coefficient (Wildman–Crippen LogP) is 11.8. The van der Waals surface area contributed by atoms with E-state index in [4.69, 9.17) is 15.3 Å². The van der Waals surface area contributed by atoms with Gasteiger partial charge in [-0.25, -0.2) is 19.2 Å². The largest absolute Gasteiger partial charge is 0.480 e. The molecular formula is C95H127F15N16O16. The monoisotopic (exact) mass is 2030 g/mol. The first-order valence-electron chi connectivity index (χ1n) is 47.9. The van der Waals surface area contributed by atoms with E-state index in [1.54, 1.807) is 4.90 Å². The number of ether oxygens (including phenoxy) is 4. The van der Waals surface area contributed by atoms with Gasteiger partial charge in [-0.05, 0) is 163 Å². The van der Waals surface area contributed by atoms with Crippen LogP contribution >= 0.6 is 0 Å². The number of carboxylic acids is 4. The molecule has 0 saturated carbocycles. The number of nitrogens with zero attached hydrogens (tertiary/aromatic N) is 16. The lowest BCUT2D eigenvalue weighted by atomic mass is 9.78. The van der Waals surface area contributed by atoms with Gasteiger partial charge in [0.2, 0.25) is 0 Å². The number of anilines is 4. The van der Waals surface area contributed by atoms with Crippen molar-refractivity contribution in [2.24, 2.45) is 10.8 Å². The summed E-state index contributed by atoms with van der Waals surface area (Å²) in [4.78, 5) is 123. The van der Waals surface area contributed by atoms with E-state index in [-0.39, 0.29) is 67.7 Å². The van der Waals surface area contributed by atoms with Crippen molar-refractivity contribution in [2.45, 2.75) is 180 Å². The Labute approximate surface area is 813 Å². The molecule has 142 heavy (non-hydrogen) atoms. The number of fused-ring (bicyclic) bond motifs is 2. The van der Waals surface area contributed by atoms with Crippen LogP contribution in [-0.2, 0) is 70.5 Å². The number of likely N-dealkylation sites (tertiary alicyclic amines) is 4. The number of hydrogen-bond donors (Lipinski definition) is 4. The number of hydrogen-bond acceptors (Lipinski definition) is 24. The first-order chi connectivity index (χ1) is 66.6. The number of halogens is 15. The quantitative estimate of drug-likeness (QED) is 0.0374. The van der Waals surface area contributed by atoms with Gasteiger partial charge < -0.3 is 78.6 Å². The van der Waals surface area contributed by atoms with Crippen LogP contribution in [0.15, 0.2) is 72.8 Å². The van der Waals surface area contributed by atoms with Gasteiger partial charge in [-0.2, -0.15) is 65.9 Å². The Morgan fingerprint density at radius 2 is 0.676 bits per heavy atom. The summed E-state index contributed by atoms with van der Waals surface area (Å²) in [5, 5.41) is 36.5. The molecular weight excluding hydrogens is 1910 g/mol. The third kappa shape index (κ3) is 28.0. The molecule has 4 aromatic rings. The molecule has 12 heterocycles. The van der Waals surface area contributed by atoms with Crippen molar-refractivity contribution < 1.29 is 144 Å². The maximum atomic E-state index is 13.5. The Balaban J connectivity index is 0.000000159. The first kappa shape index (κ1) is 109. The van der Waals surface area contributed by atoms with Crippen LogP contribution < -0.4 is 19.6 Å². The number of amides is 4. The molecule has 2 bridgehead atoms. The van der Waals surface area contributed by atoms with E-state index >= 15 is 0 Å². The molecule has 12 aliphatic heterocycles. The molecule has 6 unspecified atom stereocenters. The van der Waals surface area contributed by atoms with E-state index < -0.39 is 109 Å². The molecule has 0 aliphatic carbocycles. The highest BCUT2D eigenvalue weighted by atomic mass is 19.4. The van der Waals surface area contributed by atoms with Crippen molar-refractivity contribution in [2.75, 3.05) is 236 Å². The molecule has 4 aromatic carbocycles. The summed E-state index contributed by atoms with van der Waals surface area (Å²) in [5.74, 6) is -3.30. The second-order valence-corrected chi connectivity index (χ2v) is 40.0. The van der Waals surface area contributed by atoms with Gasteiger partial charge in [0.15, 0.2) is 24.4 Å². The van der Waals surface area contributed by atoms with Crippen LogP contribution in [0.4, 0.5) is 108 Å². The van der Waals surface area contributed by atoms with Gasteiger partial charge >= 0.3 is 79.1 Å². The lowest BCUT2D eigenvalue weighted by Crippen LogP contribution is -2.68. The number of piperazine rings is 5. The number of carboxylic acid groups (broad SMARTS) is 4. The predicted molar refractivity (Wildman–Crippen MR) is 489 cm³/mol. The molecule has 32 nitrogen and oxygen atoms in total. The average Bonchev–Trinajstić information content (AvgIpc) is 1.45. The van der Waals surface area contributed by atoms with Crippen molar-refractivity contribution in [1.82, 2.24) is 58.8 Å². The second kappa shape index (κ2) is 44.7. The number of benzene rings is 4. The van der Waals surface area contributed by atoms with E-state index in [2.05, 4.69) is 115 Å². The summed E-state index contributed by atoms with van der Waals surface area (Å²) in [6.45, 7) is 27.6. The highest BCUT2D eigenvalue weighted by Crippen LogP contribution is 2.48. The summed E-state index contributed by atoms with van der Waals surface area (Å²) in [6, 6.07) is 23.2. The molecule has 6 atom stereocenters. The van der Waals surface area contributed by atoms with Crippen molar-refractivity contribution in [3.05, 3.63) is 117 Å². The number of carbonyl (C=O) groups is 8. The van der Waals surface area contributed by atoms with Crippen LogP contribution in [0, 0.1) is 31.6 Å². The van der Waals surface area contributed by atoms with Crippen LogP contribution in [0.5, 0.6) is 0 Å². The number of carbonyl (C=O) groups excluding carboxylic acids is 4. The molecule has 47 heteroatoms. The SMILES string of the molecule is CC(OC(=O)N1CCN(Cc2ccc(C(F)(F)F)cc2N2CCC3(CN(CC(=O)O)C3)C2)CC1)C(F)(F)F.Cc1ccc(CN2CCN(C(=O)OC(C)C(F)(F)F)CC2)c(N2CC3(CCCN3CC(=O)O)C2)c1.Cc1ccc(CN2CCN(C(=O)OC(C)C(F)(F)F)CC2)c(N2CC3(CCN(CC(=O)O)C3)C2)c1.Cc1ccc(CN2CCN(C(=O)OC(C)C(F)(F)F)CC2)c(N2CC3CC2CN3CC(=O)O)c1. The summed E-state index contributed by atoms with van der Waals surface area (Å²) < 4.78 is 211. The van der Waals surface area contributed by atoms with Crippen LogP contribution in [0.3, 0.4) is 0 Å². The van der Waals surface area contributed by atoms with Crippen LogP contribution in [0.25, 0.3) is 0 Å². The van der Waals surface area contributed by atoms with E-state index in [1.807, 2.05) is 33.4 Å². The minimum atomic E-state index is -4.65. The Hall–Kier alpha value is -10.3. The molecule has 12 aliphatic rings. The fourth-order valence-electron chi connectivity index (χ4n) is 21.1. The third-order valence-electron chi connectivity index (χ3n) is 29.1. The lowest BCUT2D eigenvalue weighted by Gasteiger charge is -2.54. The number of rotatable bonds is 24. The zero-order chi connectivity index (χ0) is 103. The fourth-order valence-corrected chi connectivity index (χ4v) is 21.1. The first-order valence-corrected chi connectivity index (χ1v) is 47.9. The van der Waals surface area contributed by atoms with E-state index in [0.29, 0.717) is 155 Å². The van der Waals surface area contributed by atoms with Crippen molar-refractivity contribution in [3.63, 3.8) is 0 Å². The molecule has 3 spiro atoms. The minimum absolute atomic E-state index is 0.0643. The maximum absolute atomic E-state index is 13.5. The number of aliphatic carboxylic acids is 4.